The number of amides is 1. The van der Waals surface area contributed by atoms with Crippen LogP contribution in [0.15, 0.2) is 65.9 Å². The van der Waals surface area contributed by atoms with Crippen molar-refractivity contribution in [3.8, 4) is 5.69 Å². The van der Waals surface area contributed by atoms with E-state index in [9.17, 15) is 9.18 Å². The molecule has 0 fully saturated rings. The summed E-state index contributed by atoms with van der Waals surface area (Å²) in [5.41, 5.74) is 13.0. The van der Waals surface area contributed by atoms with Crippen LogP contribution in [0, 0.1) is 5.82 Å². The van der Waals surface area contributed by atoms with E-state index in [-0.39, 0.29) is 11.5 Å². The summed E-state index contributed by atoms with van der Waals surface area (Å²) in [6.07, 6.45) is 3.28. The lowest BCUT2D eigenvalue weighted by molar-refractivity contribution is 0.100. The van der Waals surface area contributed by atoms with E-state index in [4.69, 9.17) is 11.5 Å². The molecule has 0 atom stereocenters. The Balaban J connectivity index is 2.05. The van der Waals surface area contributed by atoms with Crippen LogP contribution in [0.4, 0.5) is 4.39 Å². The first-order chi connectivity index (χ1) is 12.5. The van der Waals surface area contributed by atoms with Gasteiger partial charge in [-0.05, 0) is 30.3 Å². The van der Waals surface area contributed by atoms with Crippen molar-refractivity contribution in [2.24, 2.45) is 16.5 Å². The summed E-state index contributed by atoms with van der Waals surface area (Å²) in [5.74, 6) is -1.32. The highest BCUT2D eigenvalue weighted by molar-refractivity contribution is 6.11. The SMILES string of the molecule is NC(N)=NC(=O)c1cn(-c2ccnc3ccccc23)c2cc(F)ccc12. The maximum Gasteiger partial charge on any atom is 0.282 e. The number of benzene rings is 2. The molecule has 0 aliphatic carbocycles. The zero-order valence-electron chi connectivity index (χ0n) is 13.6. The fourth-order valence-corrected chi connectivity index (χ4v) is 3.04. The third-order valence-corrected chi connectivity index (χ3v) is 4.11. The Hall–Kier alpha value is -3.74. The van der Waals surface area contributed by atoms with Gasteiger partial charge in [0, 0.05) is 23.2 Å². The molecule has 7 heteroatoms. The van der Waals surface area contributed by atoms with E-state index in [0.717, 1.165) is 16.6 Å². The fraction of sp³-hybridized carbons (Fsp3) is 0. The molecule has 128 valence electrons. The average molecular weight is 347 g/mol. The normalized spacial score (nSPS) is 11.0. The van der Waals surface area contributed by atoms with Crippen molar-refractivity contribution in [3.05, 3.63) is 72.3 Å². The van der Waals surface area contributed by atoms with Crippen molar-refractivity contribution in [1.29, 1.82) is 0 Å². The molecule has 2 heterocycles. The van der Waals surface area contributed by atoms with Gasteiger partial charge in [0.1, 0.15) is 5.82 Å². The number of nitrogens with zero attached hydrogens (tertiary/aromatic N) is 3. The summed E-state index contributed by atoms with van der Waals surface area (Å²) >= 11 is 0. The highest BCUT2D eigenvalue weighted by atomic mass is 19.1. The summed E-state index contributed by atoms with van der Waals surface area (Å²) in [5, 5.41) is 1.43. The molecular formula is C19H14FN5O. The second-order valence-electron chi connectivity index (χ2n) is 5.76. The molecule has 0 saturated heterocycles. The van der Waals surface area contributed by atoms with Gasteiger partial charge in [0.25, 0.3) is 5.91 Å². The first-order valence-electron chi connectivity index (χ1n) is 7.83. The molecule has 0 aliphatic rings. The zero-order chi connectivity index (χ0) is 18.3. The Bertz CT molecular complexity index is 1190. The van der Waals surface area contributed by atoms with Crippen molar-refractivity contribution >= 4 is 33.7 Å². The van der Waals surface area contributed by atoms with E-state index in [2.05, 4.69) is 9.98 Å². The summed E-state index contributed by atoms with van der Waals surface area (Å²) in [6, 6.07) is 13.6. The molecule has 26 heavy (non-hydrogen) atoms. The van der Waals surface area contributed by atoms with Gasteiger partial charge < -0.3 is 16.0 Å². The minimum atomic E-state index is -0.585. The van der Waals surface area contributed by atoms with Gasteiger partial charge in [-0.25, -0.2) is 4.39 Å². The molecule has 4 aromatic rings. The molecule has 4 rings (SSSR count). The summed E-state index contributed by atoms with van der Waals surface area (Å²) in [4.78, 5) is 20.3. The molecule has 6 nitrogen and oxygen atoms in total. The van der Waals surface area contributed by atoms with Crippen LogP contribution in [0.25, 0.3) is 27.5 Å². The van der Waals surface area contributed by atoms with E-state index >= 15 is 0 Å². The van der Waals surface area contributed by atoms with Gasteiger partial charge in [-0.2, -0.15) is 4.99 Å². The molecule has 2 aromatic heterocycles. The Labute approximate surface area is 147 Å². The number of para-hydroxylation sites is 1. The first-order valence-corrected chi connectivity index (χ1v) is 7.83. The summed E-state index contributed by atoms with van der Waals surface area (Å²) in [7, 11) is 0. The van der Waals surface area contributed by atoms with Gasteiger partial charge in [-0.15, -0.1) is 0 Å². The van der Waals surface area contributed by atoms with E-state index in [0.29, 0.717) is 10.9 Å². The standard InChI is InChI=1S/C19H14FN5O/c20-11-5-6-12-14(18(26)24-19(21)22)10-25(17(12)9-11)16-7-8-23-15-4-2-1-3-13(15)16/h1-10H,(H4,21,22,24,26). The number of rotatable bonds is 2. The summed E-state index contributed by atoms with van der Waals surface area (Å²) < 4.78 is 15.6. The summed E-state index contributed by atoms with van der Waals surface area (Å²) in [6.45, 7) is 0. The highest BCUT2D eigenvalue weighted by Gasteiger charge is 2.17. The van der Waals surface area contributed by atoms with Crippen LogP contribution in [0.2, 0.25) is 0 Å². The van der Waals surface area contributed by atoms with Crippen molar-refractivity contribution in [3.63, 3.8) is 0 Å². The van der Waals surface area contributed by atoms with E-state index in [1.54, 1.807) is 23.0 Å². The molecule has 0 bridgehead atoms. The number of hydrogen-bond donors (Lipinski definition) is 2. The monoisotopic (exact) mass is 347 g/mol. The molecule has 0 aliphatic heterocycles. The number of fused-ring (bicyclic) bond motifs is 2. The van der Waals surface area contributed by atoms with Crippen LogP contribution < -0.4 is 11.5 Å². The van der Waals surface area contributed by atoms with Gasteiger partial charge in [-0.3, -0.25) is 9.78 Å². The maximum atomic E-state index is 13.9. The van der Waals surface area contributed by atoms with Crippen LogP contribution in [-0.4, -0.2) is 21.4 Å². The average Bonchev–Trinajstić information content (AvgIpc) is 2.99. The van der Waals surface area contributed by atoms with Crippen LogP contribution >= 0.6 is 0 Å². The Morgan fingerprint density at radius 3 is 2.69 bits per heavy atom. The van der Waals surface area contributed by atoms with Crippen molar-refractivity contribution in [2.75, 3.05) is 0 Å². The van der Waals surface area contributed by atoms with Crippen LogP contribution in [0.3, 0.4) is 0 Å². The van der Waals surface area contributed by atoms with Crippen molar-refractivity contribution in [2.45, 2.75) is 0 Å². The molecular weight excluding hydrogens is 333 g/mol. The number of halogens is 1. The first kappa shape index (κ1) is 15.8. The van der Waals surface area contributed by atoms with Gasteiger partial charge in [0.05, 0.1) is 22.3 Å². The highest BCUT2D eigenvalue weighted by Crippen LogP contribution is 2.29. The van der Waals surface area contributed by atoms with Gasteiger partial charge in [0.15, 0.2) is 5.96 Å². The number of nitrogens with two attached hydrogens (primary N) is 2. The van der Waals surface area contributed by atoms with E-state index in [1.165, 1.54) is 12.1 Å². The maximum absolute atomic E-state index is 13.9. The number of aromatic nitrogens is 2. The quantitative estimate of drug-likeness (QED) is 0.430. The number of carbonyl (C=O) groups excluding carboxylic acids is 1. The smallest absolute Gasteiger partial charge is 0.282 e. The van der Waals surface area contributed by atoms with Crippen LogP contribution in [0.5, 0.6) is 0 Å². The Morgan fingerprint density at radius 1 is 1.08 bits per heavy atom. The minimum absolute atomic E-state index is 0.286. The fourth-order valence-electron chi connectivity index (χ4n) is 3.04. The molecule has 4 N–H and O–H groups in total. The predicted molar refractivity (Wildman–Crippen MR) is 98.7 cm³/mol. The van der Waals surface area contributed by atoms with Crippen molar-refractivity contribution < 1.29 is 9.18 Å². The lowest BCUT2D eigenvalue weighted by atomic mass is 10.1. The zero-order valence-corrected chi connectivity index (χ0v) is 13.6. The van der Waals surface area contributed by atoms with Gasteiger partial charge in [-0.1, -0.05) is 18.2 Å². The topological polar surface area (TPSA) is 99.3 Å². The van der Waals surface area contributed by atoms with Crippen LogP contribution in [-0.2, 0) is 0 Å². The number of pyridine rings is 1. The molecule has 1 amide bonds. The number of carbonyl (C=O) groups is 1. The Morgan fingerprint density at radius 2 is 1.88 bits per heavy atom. The number of aliphatic imine (C=N–C) groups is 1. The third kappa shape index (κ3) is 2.55. The molecule has 2 aromatic carbocycles. The second-order valence-corrected chi connectivity index (χ2v) is 5.76. The molecule has 0 saturated carbocycles. The van der Waals surface area contributed by atoms with Crippen LogP contribution in [0.1, 0.15) is 10.4 Å². The molecule has 0 spiro atoms. The minimum Gasteiger partial charge on any atom is -0.370 e. The number of hydrogen-bond acceptors (Lipinski definition) is 2. The largest absolute Gasteiger partial charge is 0.370 e. The number of guanidine groups is 1. The lowest BCUT2D eigenvalue weighted by Gasteiger charge is -2.09. The van der Waals surface area contributed by atoms with Crippen molar-refractivity contribution in [1.82, 2.24) is 9.55 Å². The van der Waals surface area contributed by atoms with E-state index in [1.807, 2.05) is 30.3 Å². The predicted octanol–water partition coefficient (Wildman–Crippen LogP) is 2.73. The van der Waals surface area contributed by atoms with Gasteiger partial charge >= 0.3 is 0 Å². The Kier molecular flexibility index (Phi) is 3.62. The van der Waals surface area contributed by atoms with E-state index < -0.39 is 11.7 Å². The van der Waals surface area contributed by atoms with Gasteiger partial charge in [0.2, 0.25) is 0 Å². The lowest BCUT2D eigenvalue weighted by Crippen LogP contribution is -2.24. The third-order valence-electron chi connectivity index (χ3n) is 4.11. The molecule has 0 unspecified atom stereocenters. The second kappa shape index (κ2) is 5.96. The molecule has 0 radical (unpaired) electrons.